The first kappa shape index (κ1) is 19.3. The van der Waals surface area contributed by atoms with Crippen molar-refractivity contribution < 1.29 is 14.3 Å². The van der Waals surface area contributed by atoms with Crippen LogP contribution < -0.4 is 20.3 Å². The van der Waals surface area contributed by atoms with Gasteiger partial charge in [0.2, 0.25) is 5.91 Å². The van der Waals surface area contributed by atoms with Crippen LogP contribution in [0.2, 0.25) is 0 Å². The van der Waals surface area contributed by atoms with Gasteiger partial charge in [-0.2, -0.15) is 0 Å². The molecule has 0 aromatic heterocycles. The van der Waals surface area contributed by atoms with Crippen LogP contribution in [0, 0.1) is 0 Å². The number of rotatable bonds is 4. The smallest absolute Gasteiger partial charge is 0.265 e. The van der Waals surface area contributed by atoms with Gasteiger partial charge in [0, 0.05) is 51.0 Å². The van der Waals surface area contributed by atoms with Crippen LogP contribution in [0.5, 0.6) is 5.75 Å². The van der Waals surface area contributed by atoms with E-state index >= 15 is 0 Å². The average Bonchev–Trinajstić information content (AvgIpc) is 2.70. The van der Waals surface area contributed by atoms with Crippen LogP contribution >= 0.6 is 0 Å². The molecule has 1 unspecified atom stereocenters. The third-order valence-corrected chi connectivity index (χ3v) is 5.31. The molecule has 7 heteroatoms. The van der Waals surface area contributed by atoms with E-state index in [2.05, 4.69) is 26.5 Å². The van der Waals surface area contributed by atoms with Crippen molar-refractivity contribution in [2.75, 3.05) is 41.7 Å². The van der Waals surface area contributed by atoms with Gasteiger partial charge in [0.15, 0.2) is 6.10 Å². The number of carbonyl (C=O) groups excluding carboxylic acids is 2. The molecule has 1 atom stereocenters. The molecular formula is C22H26N4O3. The Kier molecular flexibility index (Phi) is 5.40. The summed E-state index contributed by atoms with van der Waals surface area (Å²) in [5.41, 5.74) is 3.90. The number of ether oxygens (including phenoxy) is 1. The Morgan fingerprint density at radius 1 is 1.14 bits per heavy atom. The molecule has 2 aliphatic rings. The minimum Gasteiger partial charge on any atom is -0.479 e. The van der Waals surface area contributed by atoms with E-state index in [1.807, 2.05) is 36.4 Å². The standard InChI is InChI=1S/C22H26N4O3/c1-15-22(28)24-20-13-17(3-8-21(20)29-15)14-25-9-11-26(12-10-25)19-6-4-18(5-7-19)23-16(2)27/h3-8,13,15H,9-12,14H2,1-2H3,(H,23,27)(H,24,28). The maximum absolute atomic E-state index is 11.8. The molecule has 0 aliphatic carbocycles. The van der Waals surface area contributed by atoms with E-state index in [1.165, 1.54) is 12.6 Å². The molecule has 7 nitrogen and oxygen atoms in total. The first-order chi connectivity index (χ1) is 14.0. The van der Waals surface area contributed by atoms with Crippen molar-refractivity contribution in [1.29, 1.82) is 0 Å². The number of nitrogens with one attached hydrogen (secondary N) is 2. The number of benzene rings is 2. The number of anilines is 3. The van der Waals surface area contributed by atoms with E-state index < -0.39 is 6.10 Å². The maximum Gasteiger partial charge on any atom is 0.265 e. The second-order valence-corrected chi connectivity index (χ2v) is 7.57. The molecule has 4 rings (SSSR count). The summed E-state index contributed by atoms with van der Waals surface area (Å²) < 4.78 is 5.63. The van der Waals surface area contributed by atoms with Gasteiger partial charge in [0.1, 0.15) is 5.75 Å². The Bertz CT molecular complexity index is 905. The summed E-state index contributed by atoms with van der Waals surface area (Å²) in [6, 6.07) is 14.0. The first-order valence-corrected chi connectivity index (χ1v) is 9.93. The molecule has 1 fully saturated rings. The van der Waals surface area contributed by atoms with E-state index in [1.54, 1.807) is 6.92 Å². The van der Waals surface area contributed by atoms with E-state index in [-0.39, 0.29) is 11.8 Å². The van der Waals surface area contributed by atoms with E-state index in [0.29, 0.717) is 0 Å². The van der Waals surface area contributed by atoms with Crippen LogP contribution in [-0.2, 0) is 16.1 Å². The van der Waals surface area contributed by atoms with Gasteiger partial charge < -0.3 is 20.3 Å². The van der Waals surface area contributed by atoms with Crippen molar-refractivity contribution in [2.24, 2.45) is 0 Å². The summed E-state index contributed by atoms with van der Waals surface area (Å²) in [5, 5.41) is 5.71. The lowest BCUT2D eigenvalue weighted by Gasteiger charge is -2.36. The fourth-order valence-corrected chi connectivity index (χ4v) is 3.74. The van der Waals surface area contributed by atoms with Crippen LogP contribution in [-0.4, -0.2) is 49.0 Å². The SMILES string of the molecule is CC(=O)Nc1ccc(N2CCN(Cc3ccc4c(c3)NC(=O)C(C)O4)CC2)cc1. The van der Waals surface area contributed by atoms with Crippen LogP contribution in [0.25, 0.3) is 0 Å². The quantitative estimate of drug-likeness (QED) is 0.834. The molecule has 2 amide bonds. The summed E-state index contributed by atoms with van der Waals surface area (Å²) in [5.74, 6) is 0.565. The number of hydrogen-bond donors (Lipinski definition) is 2. The zero-order valence-corrected chi connectivity index (χ0v) is 16.8. The summed E-state index contributed by atoms with van der Waals surface area (Å²) in [6.07, 6.45) is -0.450. The molecule has 2 aromatic rings. The number of hydrogen-bond acceptors (Lipinski definition) is 5. The molecule has 2 N–H and O–H groups in total. The Morgan fingerprint density at radius 3 is 2.55 bits per heavy atom. The van der Waals surface area contributed by atoms with Gasteiger partial charge in [-0.15, -0.1) is 0 Å². The number of nitrogens with zero attached hydrogens (tertiary/aromatic N) is 2. The fraction of sp³-hybridized carbons (Fsp3) is 0.364. The Morgan fingerprint density at radius 2 is 1.86 bits per heavy atom. The number of fused-ring (bicyclic) bond motifs is 1. The Labute approximate surface area is 170 Å². The van der Waals surface area contributed by atoms with Crippen molar-refractivity contribution in [2.45, 2.75) is 26.5 Å². The molecule has 152 valence electrons. The highest BCUT2D eigenvalue weighted by Gasteiger charge is 2.24. The van der Waals surface area contributed by atoms with Gasteiger partial charge in [-0.25, -0.2) is 0 Å². The normalized spacial score (nSPS) is 19.2. The molecule has 0 saturated carbocycles. The summed E-state index contributed by atoms with van der Waals surface area (Å²) in [6.45, 7) is 7.92. The van der Waals surface area contributed by atoms with Gasteiger partial charge >= 0.3 is 0 Å². The molecule has 2 heterocycles. The van der Waals surface area contributed by atoms with Crippen LogP contribution in [0.1, 0.15) is 19.4 Å². The third-order valence-electron chi connectivity index (χ3n) is 5.31. The largest absolute Gasteiger partial charge is 0.479 e. The molecule has 0 spiro atoms. The molecule has 0 bridgehead atoms. The lowest BCUT2D eigenvalue weighted by molar-refractivity contribution is -0.122. The fourth-order valence-electron chi connectivity index (χ4n) is 3.74. The molecule has 2 aromatic carbocycles. The van der Waals surface area contributed by atoms with Crippen molar-refractivity contribution >= 4 is 28.9 Å². The van der Waals surface area contributed by atoms with Crippen molar-refractivity contribution in [3.8, 4) is 5.75 Å². The van der Waals surface area contributed by atoms with E-state index in [9.17, 15) is 9.59 Å². The van der Waals surface area contributed by atoms with E-state index in [0.717, 1.165) is 55.4 Å². The zero-order valence-electron chi connectivity index (χ0n) is 16.8. The summed E-state index contributed by atoms with van der Waals surface area (Å²) >= 11 is 0. The number of amides is 2. The molecule has 2 aliphatic heterocycles. The highest BCUT2D eigenvalue weighted by Crippen LogP contribution is 2.31. The van der Waals surface area contributed by atoms with E-state index in [4.69, 9.17) is 4.74 Å². The molecule has 29 heavy (non-hydrogen) atoms. The monoisotopic (exact) mass is 394 g/mol. The predicted octanol–water partition coefficient (Wildman–Crippen LogP) is 2.69. The van der Waals surface area contributed by atoms with Crippen molar-refractivity contribution in [3.05, 3.63) is 48.0 Å². The highest BCUT2D eigenvalue weighted by molar-refractivity contribution is 5.97. The zero-order chi connectivity index (χ0) is 20.4. The van der Waals surface area contributed by atoms with Crippen LogP contribution in [0.15, 0.2) is 42.5 Å². The lowest BCUT2D eigenvalue weighted by atomic mass is 10.1. The second-order valence-electron chi connectivity index (χ2n) is 7.57. The maximum atomic E-state index is 11.8. The summed E-state index contributed by atoms with van der Waals surface area (Å²) in [7, 11) is 0. The highest BCUT2D eigenvalue weighted by atomic mass is 16.5. The minimum absolute atomic E-state index is 0.0609. The summed E-state index contributed by atoms with van der Waals surface area (Å²) in [4.78, 5) is 27.7. The van der Waals surface area contributed by atoms with Crippen LogP contribution in [0.3, 0.4) is 0 Å². The van der Waals surface area contributed by atoms with Gasteiger partial charge in [-0.05, 0) is 48.9 Å². The second kappa shape index (κ2) is 8.13. The van der Waals surface area contributed by atoms with Gasteiger partial charge in [0.05, 0.1) is 5.69 Å². The molecule has 0 radical (unpaired) electrons. The predicted molar refractivity (Wildman–Crippen MR) is 113 cm³/mol. The Hall–Kier alpha value is -3.06. The van der Waals surface area contributed by atoms with Gasteiger partial charge in [0.25, 0.3) is 5.91 Å². The number of carbonyl (C=O) groups is 2. The average molecular weight is 394 g/mol. The lowest BCUT2D eigenvalue weighted by Crippen LogP contribution is -2.46. The van der Waals surface area contributed by atoms with Crippen molar-refractivity contribution in [3.63, 3.8) is 0 Å². The Balaban J connectivity index is 1.33. The topological polar surface area (TPSA) is 73.9 Å². The number of piperazine rings is 1. The first-order valence-electron chi connectivity index (χ1n) is 9.93. The van der Waals surface area contributed by atoms with Gasteiger partial charge in [-0.3, -0.25) is 14.5 Å². The van der Waals surface area contributed by atoms with Crippen LogP contribution in [0.4, 0.5) is 17.1 Å². The van der Waals surface area contributed by atoms with Gasteiger partial charge in [-0.1, -0.05) is 6.07 Å². The molecule has 1 saturated heterocycles. The van der Waals surface area contributed by atoms with Crippen molar-refractivity contribution in [1.82, 2.24) is 4.90 Å². The minimum atomic E-state index is -0.450. The third kappa shape index (κ3) is 4.51. The molecular weight excluding hydrogens is 368 g/mol.